The molecule has 1 amide bonds. The molecule has 0 saturated heterocycles. The van der Waals surface area contributed by atoms with Gasteiger partial charge in [-0.3, -0.25) is 4.79 Å². The topological polar surface area (TPSA) is 94.7 Å². The molecule has 0 heterocycles. The van der Waals surface area contributed by atoms with Crippen LogP contribution in [0, 0.1) is 11.3 Å². The summed E-state index contributed by atoms with van der Waals surface area (Å²) in [5, 5.41) is 22.5. The number of para-hydroxylation sites is 1. The van der Waals surface area contributed by atoms with Crippen molar-refractivity contribution in [2.45, 2.75) is 6.92 Å². The van der Waals surface area contributed by atoms with E-state index in [-0.39, 0.29) is 19.1 Å². The highest BCUT2D eigenvalue weighted by Crippen LogP contribution is 2.18. The number of nitrogens with one attached hydrogen (secondary N) is 1. The van der Waals surface area contributed by atoms with Crippen molar-refractivity contribution in [3.05, 3.63) is 29.8 Å². The normalized spacial score (nSPS) is 10.6. The zero-order valence-electron chi connectivity index (χ0n) is 9.88. The summed E-state index contributed by atoms with van der Waals surface area (Å²) < 4.78 is 5.31. The summed E-state index contributed by atoms with van der Waals surface area (Å²) in [6.07, 6.45) is 0. The van der Waals surface area contributed by atoms with Gasteiger partial charge in [-0.15, -0.1) is 0 Å². The molecule has 0 saturated carbocycles. The smallest absolute Gasteiger partial charge is 0.258 e. The van der Waals surface area contributed by atoms with Crippen molar-refractivity contribution in [3.8, 4) is 11.8 Å². The van der Waals surface area contributed by atoms with Crippen LogP contribution in [0.2, 0.25) is 0 Å². The fourth-order valence-corrected chi connectivity index (χ4v) is 1.28. The number of carbonyl (C=O) groups is 1. The third-order valence-corrected chi connectivity index (χ3v) is 2.15. The van der Waals surface area contributed by atoms with E-state index in [2.05, 4.69) is 10.5 Å². The molecule has 0 aliphatic rings. The highest BCUT2D eigenvalue weighted by Gasteiger charge is 2.08. The predicted molar refractivity (Wildman–Crippen MR) is 64.6 cm³/mol. The van der Waals surface area contributed by atoms with Crippen LogP contribution >= 0.6 is 0 Å². The van der Waals surface area contributed by atoms with Crippen LogP contribution in [0.1, 0.15) is 12.5 Å². The van der Waals surface area contributed by atoms with Gasteiger partial charge in [-0.2, -0.15) is 5.26 Å². The molecule has 0 aliphatic carbocycles. The second kappa shape index (κ2) is 6.91. The van der Waals surface area contributed by atoms with Gasteiger partial charge in [0.05, 0.1) is 11.8 Å². The van der Waals surface area contributed by atoms with Crippen LogP contribution < -0.4 is 10.1 Å². The monoisotopic (exact) mass is 247 g/mol. The van der Waals surface area contributed by atoms with Crippen molar-refractivity contribution in [1.82, 2.24) is 5.32 Å². The molecule has 6 heteroatoms. The standard InChI is InChI=1S/C12H13N3O3/c1-9(15-17)10-4-2-3-5-11(10)18-8-12(16)14-7-6-13/h2-5,17H,7-8H2,1H3,(H,14,16)/b15-9+. The number of rotatable bonds is 5. The number of amides is 1. The van der Waals surface area contributed by atoms with E-state index in [1.165, 1.54) is 0 Å². The first-order chi connectivity index (χ1) is 8.69. The van der Waals surface area contributed by atoms with E-state index >= 15 is 0 Å². The molecule has 94 valence electrons. The van der Waals surface area contributed by atoms with Gasteiger partial charge in [0.1, 0.15) is 12.3 Å². The predicted octanol–water partition coefficient (Wildman–Crippen LogP) is 0.903. The maximum atomic E-state index is 11.3. The number of nitrogens with zero attached hydrogens (tertiary/aromatic N) is 2. The summed E-state index contributed by atoms with van der Waals surface area (Å²) in [6, 6.07) is 8.70. The van der Waals surface area contributed by atoms with E-state index in [4.69, 9.17) is 15.2 Å². The minimum atomic E-state index is -0.384. The van der Waals surface area contributed by atoms with Gasteiger partial charge in [-0.25, -0.2) is 0 Å². The molecule has 0 unspecified atom stereocenters. The first-order valence-electron chi connectivity index (χ1n) is 5.23. The lowest BCUT2D eigenvalue weighted by Gasteiger charge is -2.09. The quantitative estimate of drug-likeness (QED) is 0.350. The Hall–Kier alpha value is -2.55. The number of carbonyl (C=O) groups excluding carboxylic acids is 1. The molecule has 18 heavy (non-hydrogen) atoms. The second-order valence-electron chi connectivity index (χ2n) is 3.41. The van der Waals surface area contributed by atoms with Crippen LogP contribution in [0.5, 0.6) is 5.75 Å². The maximum absolute atomic E-state index is 11.3. The SMILES string of the molecule is C/C(=N\O)c1ccccc1OCC(=O)NCC#N. The Bertz CT molecular complexity index is 492. The summed E-state index contributed by atoms with van der Waals surface area (Å²) in [5.41, 5.74) is 0.996. The van der Waals surface area contributed by atoms with Crippen molar-refractivity contribution >= 4 is 11.6 Å². The van der Waals surface area contributed by atoms with Crippen LogP contribution in [-0.4, -0.2) is 30.0 Å². The van der Waals surface area contributed by atoms with Crippen molar-refractivity contribution in [1.29, 1.82) is 5.26 Å². The molecule has 6 nitrogen and oxygen atoms in total. The Balaban J connectivity index is 2.68. The molecule has 0 atom stereocenters. The summed E-state index contributed by atoms with van der Waals surface area (Å²) in [5.74, 6) is 0.0600. The van der Waals surface area contributed by atoms with E-state index in [9.17, 15) is 4.79 Å². The summed E-state index contributed by atoms with van der Waals surface area (Å²) in [7, 11) is 0. The van der Waals surface area contributed by atoms with Crippen molar-refractivity contribution < 1.29 is 14.7 Å². The zero-order valence-corrected chi connectivity index (χ0v) is 9.88. The highest BCUT2D eigenvalue weighted by atomic mass is 16.5. The third-order valence-electron chi connectivity index (χ3n) is 2.15. The lowest BCUT2D eigenvalue weighted by Crippen LogP contribution is -2.29. The number of ether oxygens (including phenoxy) is 1. The molecule has 0 bridgehead atoms. The summed E-state index contributed by atoms with van der Waals surface area (Å²) in [4.78, 5) is 11.3. The Morgan fingerprint density at radius 3 is 2.94 bits per heavy atom. The van der Waals surface area contributed by atoms with Crippen LogP contribution in [0.15, 0.2) is 29.4 Å². The first kappa shape index (κ1) is 13.5. The fourth-order valence-electron chi connectivity index (χ4n) is 1.28. The van der Waals surface area contributed by atoms with Gasteiger partial charge in [0.25, 0.3) is 5.91 Å². The number of nitriles is 1. The Labute approximate surface area is 104 Å². The minimum absolute atomic E-state index is 0.0546. The van der Waals surface area contributed by atoms with Gasteiger partial charge in [0, 0.05) is 5.56 Å². The van der Waals surface area contributed by atoms with E-state index in [1.807, 2.05) is 0 Å². The molecule has 0 aliphatic heterocycles. The van der Waals surface area contributed by atoms with Gasteiger partial charge in [0.2, 0.25) is 0 Å². The molecular weight excluding hydrogens is 234 g/mol. The number of oxime groups is 1. The Morgan fingerprint density at radius 2 is 2.28 bits per heavy atom. The Morgan fingerprint density at radius 1 is 1.56 bits per heavy atom. The number of benzene rings is 1. The zero-order chi connectivity index (χ0) is 13.4. The van der Waals surface area contributed by atoms with E-state index in [0.717, 1.165) is 0 Å². The molecular formula is C12H13N3O3. The fraction of sp³-hybridized carbons (Fsp3) is 0.250. The average Bonchev–Trinajstić information content (AvgIpc) is 2.42. The molecule has 0 aromatic heterocycles. The largest absolute Gasteiger partial charge is 0.483 e. The minimum Gasteiger partial charge on any atom is -0.483 e. The average molecular weight is 247 g/mol. The molecule has 0 spiro atoms. The first-order valence-corrected chi connectivity index (χ1v) is 5.23. The van der Waals surface area contributed by atoms with Crippen LogP contribution in [-0.2, 0) is 4.79 Å². The van der Waals surface area contributed by atoms with Crippen LogP contribution in [0.4, 0.5) is 0 Å². The van der Waals surface area contributed by atoms with Crippen molar-refractivity contribution in [2.75, 3.05) is 13.2 Å². The molecule has 2 N–H and O–H groups in total. The van der Waals surface area contributed by atoms with Gasteiger partial charge in [-0.1, -0.05) is 17.3 Å². The summed E-state index contributed by atoms with van der Waals surface area (Å²) >= 11 is 0. The van der Waals surface area contributed by atoms with Crippen molar-refractivity contribution in [2.24, 2.45) is 5.16 Å². The highest BCUT2D eigenvalue weighted by molar-refractivity contribution is 6.00. The third kappa shape index (κ3) is 3.79. The van der Waals surface area contributed by atoms with Crippen LogP contribution in [0.25, 0.3) is 0 Å². The Kier molecular flexibility index (Phi) is 5.19. The van der Waals surface area contributed by atoms with Crippen molar-refractivity contribution in [3.63, 3.8) is 0 Å². The van der Waals surface area contributed by atoms with Gasteiger partial charge in [0.15, 0.2) is 6.61 Å². The number of hydrogen-bond acceptors (Lipinski definition) is 5. The molecule has 1 rings (SSSR count). The van der Waals surface area contributed by atoms with E-state index in [1.54, 1.807) is 37.3 Å². The second-order valence-corrected chi connectivity index (χ2v) is 3.41. The van der Waals surface area contributed by atoms with E-state index in [0.29, 0.717) is 17.0 Å². The lowest BCUT2D eigenvalue weighted by molar-refractivity contribution is -0.122. The van der Waals surface area contributed by atoms with Crippen LogP contribution in [0.3, 0.4) is 0 Å². The summed E-state index contributed by atoms with van der Waals surface area (Å²) in [6.45, 7) is 1.37. The number of hydrogen-bond donors (Lipinski definition) is 2. The molecule has 1 aromatic rings. The molecule has 0 radical (unpaired) electrons. The molecule has 1 aromatic carbocycles. The van der Waals surface area contributed by atoms with Gasteiger partial charge >= 0.3 is 0 Å². The molecule has 0 fully saturated rings. The van der Waals surface area contributed by atoms with Gasteiger partial charge in [-0.05, 0) is 19.1 Å². The maximum Gasteiger partial charge on any atom is 0.258 e. The van der Waals surface area contributed by atoms with Gasteiger partial charge < -0.3 is 15.3 Å². The van der Waals surface area contributed by atoms with E-state index < -0.39 is 0 Å². The lowest BCUT2D eigenvalue weighted by atomic mass is 10.1.